The van der Waals surface area contributed by atoms with E-state index >= 15 is 0 Å². The summed E-state index contributed by atoms with van der Waals surface area (Å²) in [5.74, 6) is 0.619. The van der Waals surface area contributed by atoms with Gasteiger partial charge in [0.1, 0.15) is 17.7 Å². The molecule has 0 aliphatic carbocycles. The van der Waals surface area contributed by atoms with E-state index < -0.39 is 0 Å². The molecule has 0 aromatic heterocycles. The number of nitrogens with one attached hydrogen (secondary N) is 1. The summed E-state index contributed by atoms with van der Waals surface area (Å²) in [6, 6.07) is 12.7. The smallest absolute Gasteiger partial charge is 0.234 e. The molecule has 1 N–H and O–H groups in total. The number of amides is 1. The standard InChI is InChI=1S/C22H27FN2O2/c1-16-6-5-7-17(2)22(16)27-19-10-12-25(13-11-19)15-21(26)24-14-18-8-3-4-9-20(18)23/h3-9,19H,10-15H2,1-2H3,(H,24,26). The maximum Gasteiger partial charge on any atom is 0.234 e. The predicted molar refractivity (Wildman–Crippen MR) is 104 cm³/mol. The lowest BCUT2D eigenvalue weighted by molar-refractivity contribution is -0.122. The van der Waals surface area contributed by atoms with Gasteiger partial charge in [0.2, 0.25) is 5.91 Å². The monoisotopic (exact) mass is 370 g/mol. The van der Waals surface area contributed by atoms with Gasteiger partial charge in [-0.05, 0) is 43.9 Å². The molecule has 0 radical (unpaired) electrons. The molecular formula is C22H27FN2O2. The molecule has 0 spiro atoms. The largest absolute Gasteiger partial charge is 0.490 e. The first-order valence-corrected chi connectivity index (χ1v) is 9.48. The highest BCUT2D eigenvalue weighted by atomic mass is 19.1. The highest BCUT2D eigenvalue weighted by Crippen LogP contribution is 2.26. The molecule has 1 heterocycles. The molecule has 2 aromatic rings. The van der Waals surface area contributed by atoms with Crippen molar-refractivity contribution in [1.29, 1.82) is 0 Å². The van der Waals surface area contributed by atoms with Crippen LogP contribution in [0, 0.1) is 19.7 Å². The minimum Gasteiger partial charge on any atom is -0.490 e. The van der Waals surface area contributed by atoms with Crippen LogP contribution in [0.25, 0.3) is 0 Å². The number of ether oxygens (including phenoxy) is 1. The Labute approximate surface area is 160 Å². The van der Waals surface area contributed by atoms with E-state index in [2.05, 4.69) is 36.2 Å². The minimum atomic E-state index is -0.290. The van der Waals surface area contributed by atoms with Gasteiger partial charge in [-0.3, -0.25) is 9.69 Å². The van der Waals surface area contributed by atoms with Crippen LogP contribution in [0.3, 0.4) is 0 Å². The average Bonchev–Trinajstić information content (AvgIpc) is 2.65. The molecule has 2 aromatic carbocycles. The van der Waals surface area contributed by atoms with Crippen molar-refractivity contribution < 1.29 is 13.9 Å². The Kier molecular flexibility index (Phi) is 6.45. The number of halogens is 1. The van der Waals surface area contributed by atoms with Crippen molar-refractivity contribution in [3.63, 3.8) is 0 Å². The highest BCUT2D eigenvalue weighted by Gasteiger charge is 2.23. The van der Waals surface area contributed by atoms with E-state index in [9.17, 15) is 9.18 Å². The highest BCUT2D eigenvalue weighted by molar-refractivity contribution is 5.78. The zero-order chi connectivity index (χ0) is 19.2. The van der Waals surface area contributed by atoms with E-state index in [0.717, 1.165) is 42.8 Å². The van der Waals surface area contributed by atoms with E-state index in [-0.39, 0.29) is 24.4 Å². The lowest BCUT2D eigenvalue weighted by atomic mass is 10.1. The third kappa shape index (κ3) is 5.30. The van der Waals surface area contributed by atoms with E-state index in [4.69, 9.17) is 4.74 Å². The van der Waals surface area contributed by atoms with Crippen LogP contribution in [-0.4, -0.2) is 36.5 Å². The second-order valence-electron chi connectivity index (χ2n) is 7.18. The van der Waals surface area contributed by atoms with E-state index in [1.54, 1.807) is 18.2 Å². The molecule has 0 bridgehead atoms. The molecule has 1 amide bonds. The van der Waals surface area contributed by atoms with Crippen LogP contribution >= 0.6 is 0 Å². The van der Waals surface area contributed by atoms with Gasteiger partial charge < -0.3 is 10.1 Å². The molecule has 1 fully saturated rings. The first-order chi connectivity index (χ1) is 13.0. The van der Waals surface area contributed by atoms with Gasteiger partial charge in [-0.2, -0.15) is 0 Å². The number of hydrogen-bond donors (Lipinski definition) is 1. The number of nitrogens with zero attached hydrogens (tertiary/aromatic N) is 1. The summed E-state index contributed by atoms with van der Waals surface area (Å²) in [6.45, 7) is 6.34. The summed E-state index contributed by atoms with van der Waals surface area (Å²) in [5, 5.41) is 2.80. The van der Waals surface area contributed by atoms with E-state index in [1.807, 2.05) is 6.07 Å². The number of para-hydroxylation sites is 1. The third-order valence-corrected chi connectivity index (χ3v) is 5.03. The average molecular weight is 370 g/mol. The summed E-state index contributed by atoms with van der Waals surface area (Å²) in [6.07, 6.45) is 1.98. The van der Waals surface area contributed by atoms with Crippen molar-refractivity contribution in [2.75, 3.05) is 19.6 Å². The predicted octanol–water partition coefficient (Wildman–Crippen LogP) is 3.60. The number of hydrogen-bond acceptors (Lipinski definition) is 3. The third-order valence-electron chi connectivity index (χ3n) is 5.03. The topological polar surface area (TPSA) is 41.6 Å². The summed E-state index contributed by atoms with van der Waals surface area (Å²) in [5.41, 5.74) is 2.82. The minimum absolute atomic E-state index is 0.0765. The Morgan fingerprint density at radius 2 is 1.78 bits per heavy atom. The van der Waals surface area contributed by atoms with Crippen molar-refractivity contribution in [2.24, 2.45) is 0 Å². The Morgan fingerprint density at radius 3 is 2.44 bits per heavy atom. The van der Waals surface area contributed by atoms with Crippen LogP contribution in [0.15, 0.2) is 42.5 Å². The molecule has 0 saturated carbocycles. The van der Waals surface area contributed by atoms with Crippen LogP contribution in [0.5, 0.6) is 5.75 Å². The van der Waals surface area contributed by atoms with Crippen molar-refractivity contribution in [3.8, 4) is 5.75 Å². The fraction of sp³-hybridized carbons (Fsp3) is 0.409. The first kappa shape index (κ1) is 19.4. The van der Waals surface area contributed by atoms with E-state index in [1.165, 1.54) is 6.07 Å². The molecule has 27 heavy (non-hydrogen) atoms. The molecule has 4 nitrogen and oxygen atoms in total. The maximum absolute atomic E-state index is 13.6. The number of likely N-dealkylation sites (tertiary alicyclic amines) is 1. The second-order valence-corrected chi connectivity index (χ2v) is 7.18. The van der Waals surface area contributed by atoms with E-state index in [0.29, 0.717) is 12.1 Å². The first-order valence-electron chi connectivity index (χ1n) is 9.48. The van der Waals surface area contributed by atoms with Crippen molar-refractivity contribution in [2.45, 2.75) is 39.3 Å². The van der Waals surface area contributed by atoms with Crippen LogP contribution in [0.1, 0.15) is 29.5 Å². The number of rotatable bonds is 6. The lowest BCUT2D eigenvalue weighted by Gasteiger charge is -2.32. The van der Waals surface area contributed by atoms with Gasteiger partial charge in [0, 0.05) is 25.2 Å². The Bertz CT molecular complexity index is 765. The Hall–Kier alpha value is -2.40. The summed E-state index contributed by atoms with van der Waals surface area (Å²) in [7, 11) is 0. The SMILES string of the molecule is Cc1cccc(C)c1OC1CCN(CC(=O)NCc2ccccc2F)CC1. The normalized spacial score (nSPS) is 15.5. The quantitative estimate of drug-likeness (QED) is 0.845. The molecule has 0 unspecified atom stereocenters. The van der Waals surface area contributed by atoms with Gasteiger partial charge in [0.25, 0.3) is 0 Å². The van der Waals surface area contributed by atoms with Crippen LogP contribution in [0.4, 0.5) is 4.39 Å². The van der Waals surface area contributed by atoms with Crippen molar-refractivity contribution in [3.05, 3.63) is 65.0 Å². The van der Waals surface area contributed by atoms with Gasteiger partial charge in [-0.1, -0.05) is 36.4 Å². The van der Waals surface area contributed by atoms with Gasteiger partial charge in [-0.25, -0.2) is 4.39 Å². The van der Waals surface area contributed by atoms with Gasteiger partial charge in [0.15, 0.2) is 0 Å². The number of benzene rings is 2. The summed E-state index contributed by atoms with van der Waals surface area (Å²) >= 11 is 0. The Balaban J connectivity index is 1.43. The van der Waals surface area contributed by atoms with Crippen molar-refractivity contribution in [1.82, 2.24) is 10.2 Å². The fourth-order valence-corrected chi connectivity index (χ4v) is 3.43. The van der Waals surface area contributed by atoms with Gasteiger partial charge in [0.05, 0.1) is 6.54 Å². The number of carbonyl (C=O) groups is 1. The summed E-state index contributed by atoms with van der Waals surface area (Å²) in [4.78, 5) is 14.3. The molecule has 1 saturated heterocycles. The Morgan fingerprint density at radius 1 is 1.11 bits per heavy atom. The molecule has 144 valence electrons. The number of carbonyl (C=O) groups excluding carboxylic acids is 1. The second kappa shape index (κ2) is 9.00. The zero-order valence-corrected chi connectivity index (χ0v) is 16.0. The lowest BCUT2D eigenvalue weighted by Crippen LogP contribution is -2.43. The number of aryl methyl sites for hydroxylation is 2. The van der Waals surface area contributed by atoms with Crippen LogP contribution < -0.4 is 10.1 Å². The van der Waals surface area contributed by atoms with Gasteiger partial charge >= 0.3 is 0 Å². The fourth-order valence-electron chi connectivity index (χ4n) is 3.43. The summed E-state index contributed by atoms with van der Waals surface area (Å²) < 4.78 is 19.8. The zero-order valence-electron chi connectivity index (χ0n) is 16.0. The molecule has 3 rings (SSSR count). The number of piperidine rings is 1. The molecule has 1 aliphatic heterocycles. The van der Waals surface area contributed by atoms with Crippen LogP contribution in [-0.2, 0) is 11.3 Å². The maximum atomic E-state index is 13.6. The molecular weight excluding hydrogens is 343 g/mol. The molecule has 1 aliphatic rings. The van der Waals surface area contributed by atoms with Crippen molar-refractivity contribution >= 4 is 5.91 Å². The van der Waals surface area contributed by atoms with Gasteiger partial charge in [-0.15, -0.1) is 0 Å². The molecule has 0 atom stereocenters. The molecule has 5 heteroatoms. The van der Waals surface area contributed by atoms with Crippen LogP contribution in [0.2, 0.25) is 0 Å².